The van der Waals surface area contributed by atoms with Crippen molar-refractivity contribution in [1.82, 2.24) is 0 Å². The first kappa shape index (κ1) is 95.1. The second-order valence-electron chi connectivity index (χ2n) is 28.8. The van der Waals surface area contributed by atoms with E-state index >= 15 is 0 Å². The van der Waals surface area contributed by atoms with Gasteiger partial charge in [0.25, 0.3) is 0 Å². The van der Waals surface area contributed by atoms with Crippen molar-refractivity contribution in [2.75, 3.05) is 39.6 Å². The van der Waals surface area contributed by atoms with E-state index in [1.807, 2.05) is 0 Å². The summed E-state index contributed by atoms with van der Waals surface area (Å²) in [6.45, 7) is 9.59. The number of rotatable bonds is 77. The van der Waals surface area contributed by atoms with Crippen LogP contribution in [0.1, 0.15) is 408 Å². The molecule has 0 spiro atoms. The van der Waals surface area contributed by atoms with Gasteiger partial charge in [0.15, 0.2) is 12.2 Å². The summed E-state index contributed by atoms with van der Waals surface area (Å²) in [4.78, 5) is 72.9. The van der Waals surface area contributed by atoms with Crippen LogP contribution in [0.15, 0.2) is 0 Å². The van der Waals surface area contributed by atoms with Crippen LogP contribution in [0.25, 0.3) is 0 Å². The van der Waals surface area contributed by atoms with Gasteiger partial charge in [-0.3, -0.25) is 37.3 Å². The minimum atomic E-state index is -4.96. The molecule has 0 bridgehead atoms. The maximum Gasteiger partial charge on any atom is 0.472 e. The van der Waals surface area contributed by atoms with Gasteiger partial charge in [0.05, 0.1) is 26.4 Å². The second-order valence-corrected chi connectivity index (χ2v) is 31.7. The highest BCUT2D eigenvalue weighted by molar-refractivity contribution is 7.47. The van der Waals surface area contributed by atoms with Gasteiger partial charge in [-0.2, -0.15) is 0 Å². The van der Waals surface area contributed by atoms with Crippen molar-refractivity contribution in [2.45, 2.75) is 426 Å². The lowest BCUT2D eigenvalue weighted by Crippen LogP contribution is -2.30. The molecule has 19 heteroatoms. The van der Waals surface area contributed by atoms with Crippen molar-refractivity contribution in [3.8, 4) is 0 Å². The number of aliphatic hydroxyl groups excluding tert-OH is 1. The van der Waals surface area contributed by atoms with Crippen LogP contribution in [0.3, 0.4) is 0 Å². The fourth-order valence-electron chi connectivity index (χ4n) is 12.0. The highest BCUT2D eigenvalue weighted by Gasteiger charge is 2.30. The molecule has 576 valence electrons. The van der Waals surface area contributed by atoms with Gasteiger partial charge in [-0.25, -0.2) is 9.13 Å². The normalized spacial score (nSPS) is 14.2. The molecule has 0 aromatic carbocycles. The Balaban J connectivity index is 5.22. The molecule has 0 aromatic heterocycles. The van der Waals surface area contributed by atoms with Crippen molar-refractivity contribution >= 4 is 39.5 Å². The maximum absolute atomic E-state index is 13.1. The van der Waals surface area contributed by atoms with Crippen LogP contribution in [-0.2, 0) is 65.4 Å². The van der Waals surface area contributed by atoms with Gasteiger partial charge < -0.3 is 33.8 Å². The largest absolute Gasteiger partial charge is 0.472 e. The minimum absolute atomic E-state index is 0.106. The molecule has 17 nitrogen and oxygen atoms in total. The molecule has 0 saturated carbocycles. The number of aliphatic hydroxyl groups is 1. The Kier molecular flexibility index (Phi) is 68.4. The van der Waals surface area contributed by atoms with E-state index in [1.54, 1.807) is 0 Å². The average Bonchev–Trinajstić information content (AvgIpc) is 1.48. The first-order valence-corrected chi connectivity index (χ1v) is 43.5. The average molecular weight is 1420 g/mol. The predicted octanol–water partition coefficient (Wildman–Crippen LogP) is 23.1. The highest BCUT2D eigenvalue weighted by Crippen LogP contribution is 2.45. The van der Waals surface area contributed by atoms with Crippen molar-refractivity contribution < 1.29 is 80.2 Å². The lowest BCUT2D eigenvalue weighted by molar-refractivity contribution is -0.161. The fourth-order valence-corrected chi connectivity index (χ4v) is 13.6. The van der Waals surface area contributed by atoms with Crippen molar-refractivity contribution in [2.24, 2.45) is 11.8 Å². The molecule has 0 heterocycles. The molecule has 0 aliphatic carbocycles. The van der Waals surface area contributed by atoms with Crippen LogP contribution < -0.4 is 0 Å². The molecule has 0 fully saturated rings. The van der Waals surface area contributed by atoms with E-state index in [0.29, 0.717) is 25.7 Å². The van der Waals surface area contributed by atoms with Crippen LogP contribution in [0, 0.1) is 11.8 Å². The molecule has 6 atom stereocenters. The Labute approximate surface area is 594 Å². The van der Waals surface area contributed by atoms with Crippen molar-refractivity contribution in [3.05, 3.63) is 0 Å². The number of hydrogen-bond acceptors (Lipinski definition) is 15. The second kappa shape index (κ2) is 69.8. The van der Waals surface area contributed by atoms with E-state index in [1.165, 1.54) is 218 Å². The summed E-state index contributed by atoms with van der Waals surface area (Å²) in [6, 6.07) is 0. The van der Waals surface area contributed by atoms with Crippen LogP contribution in [0.2, 0.25) is 0 Å². The molecule has 0 saturated heterocycles. The highest BCUT2D eigenvalue weighted by atomic mass is 31.2. The summed E-state index contributed by atoms with van der Waals surface area (Å²) in [5.74, 6) is -0.580. The number of carbonyl (C=O) groups excluding carboxylic acids is 4. The van der Waals surface area contributed by atoms with E-state index in [0.717, 1.165) is 108 Å². The molecule has 0 rings (SSSR count). The summed E-state index contributed by atoms with van der Waals surface area (Å²) < 4.78 is 68.6. The van der Waals surface area contributed by atoms with Crippen LogP contribution in [0.4, 0.5) is 0 Å². The number of phosphoric acid groups is 2. The molecule has 0 aliphatic heterocycles. The molecule has 3 unspecified atom stereocenters. The van der Waals surface area contributed by atoms with Gasteiger partial charge in [0.2, 0.25) is 0 Å². The van der Waals surface area contributed by atoms with Gasteiger partial charge in [0.1, 0.15) is 19.3 Å². The lowest BCUT2D eigenvalue weighted by Gasteiger charge is -2.21. The minimum Gasteiger partial charge on any atom is -0.462 e. The van der Waals surface area contributed by atoms with Crippen LogP contribution in [0.5, 0.6) is 0 Å². The Hall–Kier alpha value is -1.94. The first-order chi connectivity index (χ1) is 46.9. The molecule has 3 N–H and O–H groups in total. The molecule has 97 heavy (non-hydrogen) atoms. The van der Waals surface area contributed by atoms with Crippen LogP contribution in [-0.4, -0.2) is 96.7 Å². The maximum atomic E-state index is 13.1. The van der Waals surface area contributed by atoms with Gasteiger partial charge in [-0.15, -0.1) is 0 Å². The van der Waals surface area contributed by atoms with Crippen LogP contribution >= 0.6 is 15.6 Å². The van der Waals surface area contributed by atoms with Crippen molar-refractivity contribution in [3.63, 3.8) is 0 Å². The molecule has 0 radical (unpaired) electrons. The number of unbranched alkanes of at least 4 members (excludes halogenated alkanes) is 46. The topological polar surface area (TPSA) is 237 Å². The number of hydrogen-bond donors (Lipinski definition) is 3. The summed E-state index contributed by atoms with van der Waals surface area (Å²) in [7, 11) is -9.91. The monoisotopic (exact) mass is 1420 g/mol. The van der Waals surface area contributed by atoms with E-state index < -0.39 is 97.5 Å². The molecule has 0 aliphatic rings. The summed E-state index contributed by atoms with van der Waals surface area (Å²) in [5.41, 5.74) is 0. The summed E-state index contributed by atoms with van der Waals surface area (Å²) >= 11 is 0. The fraction of sp³-hybridized carbons (Fsp3) is 0.949. The smallest absolute Gasteiger partial charge is 0.462 e. The standard InChI is InChI=1S/C78H152O17P2/c1-7-10-12-14-16-18-20-21-22-23-24-27-30-34-37-41-48-54-60-75(80)88-66-73(94-78(83)63-57-51-43-39-35-31-28-25-26-29-33-36-40-46-52-58-70(4)5)68-92-96(84,85)90-64-72(79)65-91-97(86,87)93-69-74(67-89-76(81)61-55-49-45-44-47-53-59-71(6)9-3)95-77(82)62-56-50-42-38-32-19-17-15-13-11-8-2/h70-74,79H,7-69H2,1-6H3,(H,84,85)(H,86,87)/t71?,72-,73-,74-/m1/s1. The van der Waals surface area contributed by atoms with Crippen molar-refractivity contribution in [1.29, 1.82) is 0 Å². The number of esters is 4. The number of phosphoric ester groups is 2. The zero-order valence-electron chi connectivity index (χ0n) is 63.4. The van der Waals surface area contributed by atoms with E-state index in [-0.39, 0.29) is 25.7 Å². The lowest BCUT2D eigenvalue weighted by atomic mass is 10.00. The van der Waals surface area contributed by atoms with E-state index in [9.17, 15) is 43.2 Å². The molecular weight excluding hydrogens is 1270 g/mol. The number of carbonyl (C=O) groups is 4. The zero-order chi connectivity index (χ0) is 71.4. The predicted molar refractivity (Wildman–Crippen MR) is 395 cm³/mol. The summed E-state index contributed by atoms with van der Waals surface area (Å²) in [6.07, 6.45) is 58.3. The quantitative estimate of drug-likeness (QED) is 0.0222. The third-order valence-corrected chi connectivity index (χ3v) is 20.5. The third kappa shape index (κ3) is 70.9. The first-order valence-electron chi connectivity index (χ1n) is 40.5. The SMILES string of the molecule is CCCCCCCCCCCCCCCCCCCCC(=O)OC[C@H](COP(=O)(O)OC[C@@H](O)COP(=O)(O)OC[C@@H](COC(=O)CCCCCCCCC(C)CC)OC(=O)CCCCCCCCCCCCC)OC(=O)CCCCCCCCCCCCCCCCCC(C)C. The molecule has 0 aromatic rings. The van der Waals surface area contributed by atoms with Gasteiger partial charge >= 0.3 is 39.5 Å². The third-order valence-electron chi connectivity index (χ3n) is 18.6. The van der Waals surface area contributed by atoms with Gasteiger partial charge in [0, 0.05) is 25.7 Å². The van der Waals surface area contributed by atoms with Gasteiger partial charge in [-0.1, -0.05) is 356 Å². The Bertz CT molecular complexity index is 1870. The number of ether oxygens (including phenoxy) is 4. The van der Waals surface area contributed by atoms with E-state index in [2.05, 4.69) is 41.5 Å². The molecule has 0 amide bonds. The van der Waals surface area contributed by atoms with E-state index in [4.69, 9.17) is 37.0 Å². The molecular formula is C78H152O17P2. The van der Waals surface area contributed by atoms with Gasteiger partial charge in [-0.05, 0) is 37.5 Å². The Morgan fingerprint density at radius 2 is 0.526 bits per heavy atom. The Morgan fingerprint density at radius 1 is 0.299 bits per heavy atom. The zero-order valence-corrected chi connectivity index (χ0v) is 65.2. The summed E-state index contributed by atoms with van der Waals surface area (Å²) in [5, 5.41) is 10.6. The Morgan fingerprint density at radius 3 is 0.784 bits per heavy atom.